The van der Waals surface area contributed by atoms with Crippen molar-refractivity contribution >= 4 is 5.97 Å². The van der Waals surface area contributed by atoms with Crippen molar-refractivity contribution in [3.63, 3.8) is 0 Å². The van der Waals surface area contributed by atoms with Crippen molar-refractivity contribution in [2.75, 3.05) is 33.0 Å². The van der Waals surface area contributed by atoms with E-state index in [0.717, 1.165) is 31.3 Å². The smallest absolute Gasteiger partial charge is 0.309 e. The van der Waals surface area contributed by atoms with Gasteiger partial charge in [0, 0.05) is 5.92 Å². The van der Waals surface area contributed by atoms with Crippen LogP contribution in [0.5, 0.6) is 0 Å². The number of aliphatic hydroxyl groups excluding tert-OH is 16. The lowest BCUT2D eigenvalue weighted by Crippen LogP contribution is -2.69. The maximum absolute atomic E-state index is 12.6. The van der Waals surface area contributed by atoms with Gasteiger partial charge in [0.1, 0.15) is 122 Å². The molecule has 28 nitrogen and oxygen atoms in total. The zero-order valence-corrected chi connectivity index (χ0v) is 43.9. The molecule has 0 spiro atoms. The summed E-state index contributed by atoms with van der Waals surface area (Å²) in [5, 5.41) is 175. The van der Waals surface area contributed by atoms with E-state index >= 15 is 0 Å². The minimum atomic E-state index is -2.21. The fourth-order valence-electron chi connectivity index (χ4n) is 15.2. The van der Waals surface area contributed by atoms with E-state index in [1.165, 1.54) is 0 Å². The molecule has 79 heavy (non-hydrogen) atoms. The van der Waals surface area contributed by atoms with Crippen LogP contribution in [0, 0.1) is 40.4 Å². The van der Waals surface area contributed by atoms with Crippen molar-refractivity contribution in [2.24, 2.45) is 40.4 Å². The second-order valence-electron chi connectivity index (χ2n) is 24.0. The number of allylic oxidation sites excluding steroid dienone is 1. The Bertz CT molecular complexity index is 2130. The summed E-state index contributed by atoms with van der Waals surface area (Å²) in [4.78, 5) is 12.6. The number of hydrogen-bond donors (Lipinski definition) is 16. The average Bonchev–Trinajstić information content (AvgIpc) is 3.49. The molecule has 10 aliphatic rings. The van der Waals surface area contributed by atoms with Gasteiger partial charge < -0.3 is 134 Å². The zero-order chi connectivity index (χ0) is 56.9. The molecule has 9 fully saturated rings. The van der Waals surface area contributed by atoms with Crippen LogP contribution < -0.4 is 0 Å². The van der Waals surface area contributed by atoms with Gasteiger partial charge in [-0.05, 0) is 67.1 Å². The van der Waals surface area contributed by atoms with Crippen LogP contribution in [0.1, 0.15) is 59.3 Å². The van der Waals surface area contributed by atoms with Crippen molar-refractivity contribution in [1.82, 2.24) is 0 Å². The van der Waals surface area contributed by atoms with Crippen LogP contribution >= 0.6 is 0 Å². The number of hydrogen-bond acceptors (Lipinski definition) is 28. The van der Waals surface area contributed by atoms with Crippen molar-refractivity contribution < 1.29 is 139 Å². The summed E-state index contributed by atoms with van der Waals surface area (Å²) < 4.78 is 65.0. The van der Waals surface area contributed by atoms with Gasteiger partial charge in [0.2, 0.25) is 0 Å². The van der Waals surface area contributed by atoms with Gasteiger partial charge in [-0.25, -0.2) is 0 Å². The molecule has 3 saturated carbocycles. The third kappa shape index (κ3) is 10.6. The first-order valence-electron chi connectivity index (χ1n) is 27.5. The van der Waals surface area contributed by atoms with E-state index < -0.39 is 198 Å². The Balaban J connectivity index is 0.874. The summed E-state index contributed by atoms with van der Waals surface area (Å²) in [5.41, 5.74) is 0.614. The number of ether oxygens (including phenoxy) is 11. The highest BCUT2D eigenvalue weighted by molar-refractivity contribution is 5.75. The minimum absolute atomic E-state index is 0.0574. The normalized spacial score (nSPS) is 55.7. The molecule has 0 aromatic carbocycles. The van der Waals surface area contributed by atoms with Gasteiger partial charge in [-0.15, -0.1) is 0 Å². The van der Waals surface area contributed by atoms with Gasteiger partial charge in [0.05, 0.1) is 51.2 Å². The van der Waals surface area contributed by atoms with E-state index in [9.17, 15) is 86.5 Å². The molecular formula is C51H80O28. The highest BCUT2D eigenvalue weighted by Gasteiger charge is 2.67. The van der Waals surface area contributed by atoms with Crippen LogP contribution in [-0.4, -0.2) is 286 Å². The summed E-state index contributed by atoms with van der Waals surface area (Å²) in [7, 11) is 0. The van der Waals surface area contributed by atoms with Gasteiger partial charge in [0.25, 0.3) is 0 Å². The monoisotopic (exact) mass is 1140 g/mol. The summed E-state index contributed by atoms with van der Waals surface area (Å²) in [5.74, 6) is 0.723. The summed E-state index contributed by atoms with van der Waals surface area (Å²) in [6.45, 7) is 2.06. The van der Waals surface area contributed by atoms with Crippen molar-refractivity contribution in [2.45, 2.75) is 225 Å². The van der Waals surface area contributed by atoms with Gasteiger partial charge >= 0.3 is 5.97 Å². The summed E-state index contributed by atoms with van der Waals surface area (Å²) in [6, 6.07) is 0. The largest absolute Gasteiger partial charge is 0.462 e. The molecule has 452 valence electrons. The Kier molecular flexibility index (Phi) is 18.0. The van der Waals surface area contributed by atoms with Gasteiger partial charge in [-0.1, -0.05) is 32.4 Å². The highest BCUT2D eigenvalue weighted by atomic mass is 16.8. The summed E-state index contributed by atoms with van der Waals surface area (Å²) >= 11 is 0. The predicted molar refractivity (Wildman–Crippen MR) is 254 cm³/mol. The van der Waals surface area contributed by atoms with Gasteiger partial charge in [-0.2, -0.15) is 0 Å². The molecule has 0 bridgehead atoms. The van der Waals surface area contributed by atoms with Crippen LogP contribution in [0.25, 0.3) is 0 Å². The average molecular weight is 1140 g/mol. The quantitative estimate of drug-likeness (QED) is 0.0568. The number of carbonyl (C=O) groups excluding carboxylic acids is 1. The fourth-order valence-corrected chi connectivity index (χ4v) is 15.2. The molecule has 6 aliphatic heterocycles. The first-order chi connectivity index (χ1) is 37.5. The lowest BCUT2D eigenvalue weighted by Gasteiger charge is -2.59. The molecule has 6 saturated heterocycles. The zero-order valence-electron chi connectivity index (χ0n) is 43.9. The molecule has 4 aliphatic carbocycles. The molecule has 0 amide bonds. The molecule has 0 radical (unpaired) electrons. The fraction of sp³-hybridized carbons (Fsp3) is 0.941. The second kappa shape index (κ2) is 23.6. The standard InChI is InChI=1S/C51H80O28/c1-16-29-24(70-44(16)68)9-20-18-5-4-17-8-23(21(56)10-51(17,3)19(18)6-7-50(20,29)2)71-46-38(66)35(63)40(28(14-55)75-46)76-49-43(42(33(61)27(13-54)74-49)78-45-36(64)30(58)22(57)15-69-45)79-48-39(67)41(32(60)26(12-53)73-48)77-47-37(65)34(62)31(59)25(11-52)72-47/h4,16,18-43,45-49,52-67H,5-15H2,1-3H3/t16-,18-,19-,20+,21-,22-,23-,24-,25-,26-,27-,28-,29-,30+,31-,32-,33-,34+,35-,36-,37-,38-,39-,40-,41+,42+,43-,45+,46-,47+,48+,49+,50-,51+/m0/s1. The number of rotatable bonds is 14. The van der Waals surface area contributed by atoms with Crippen LogP contribution in [0.15, 0.2) is 11.6 Å². The van der Waals surface area contributed by atoms with E-state index in [4.69, 9.17) is 52.1 Å². The second-order valence-corrected chi connectivity index (χ2v) is 24.0. The van der Waals surface area contributed by atoms with Crippen LogP contribution in [0.2, 0.25) is 0 Å². The minimum Gasteiger partial charge on any atom is -0.462 e. The first-order valence-corrected chi connectivity index (χ1v) is 27.5. The molecule has 10 rings (SSSR count). The number of aliphatic hydroxyl groups is 16. The molecule has 0 aromatic heterocycles. The maximum Gasteiger partial charge on any atom is 0.309 e. The predicted octanol–water partition coefficient (Wildman–Crippen LogP) is -7.17. The SMILES string of the molecule is C[C@@H]1C(=O)O[C@H]2C[C@@H]3[C@H]4CC=C5C[C@H](O[C@H]6O[C@@H](CO)[C@H](O[C@H]7O[C@@H](CO)[C@H](O)[C@@H](O[C@H]8OC[C@H](O)[C@@H](O)[C@@H]8O)[C@@H]7O[C@H]7O[C@@H](CO)[C@H](O)[C@@H](O[C@H]8O[C@@H](CO)[C@H](O)[C@@H](O)[C@@H]8O)[C@@H]7O)[C@@H](O)[C@@H]6O)[C@@H](O)C[C@@]5(C)[C@H]4CC[C@]3(C)[C@H]21. The Morgan fingerprint density at radius 3 is 1.77 bits per heavy atom. The molecule has 6 heterocycles. The van der Waals surface area contributed by atoms with E-state index in [1.807, 2.05) is 6.92 Å². The van der Waals surface area contributed by atoms with Gasteiger partial charge in [-0.3, -0.25) is 4.79 Å². The number of fused-ring (bicyclic) bond motifs is 7. The van der Waals surface area contributed by atoms with Crippen LogP contribution in [-0.2, 0) is 56.9 Å². The molecule has 0 unspecified atom stereocenters. The Labute approximate surface area is 453 Å². The molecule has 28 heteroatoms. The van der Waals surface area contributed by atoms with E-state index in [2.05, 4.69) is 19.9 Å². The highest BCUT2D eigenvalue weighted by Crippen LogP contribution is 2.68. The third-order valence-electron chi connectivity index (χ3n) is 19.6. The Hall–Kier alpha value is -1.83. The lowest BCUT2D eigenvalue weighted by molar-refractivity contribution is -0.409. The van der Waals surface area contributed by atoms with Crippen molar-refractivity contribution in [3.05, 3.63) is 11.6 Å². The van der Waals surface area contributed by atoms with Crippen molar-refractivity contribution in [3.8, 4) is 0 Å². The molecule has 0 aromatic rings. The lowest BCUT2D eigenvalue weighted by atomic mass is 9.46. The van der Waals surface area contributed by atoms with E-state index in [-0.39, 0.29) is 41.7 Å². The number of esters is 1. The Morgan fingerprint density at radius 2 is 1.10 bits per heavy atom. The third-order valence-corrected chi connectivity index (χ3v) is 19.6. The van der Waals surface area contributed by atoms with Gasteiger partial charge in [0.15, 0.2) is 31.5 Å². The number of carbonyl (C=O) groups is 1. The molecule has 16 N–H and O–H groups in total. The van der Waals surface area contributed by atoms with Crippen molar-refractivity contribution in [1.29, 1.82) is 0 Å². The summed E-state index contributed by atoms with van der Waals surface area (Å²) in [6.07, 6.45) is -41.3. The molecule has 34 atom stereocenters. The molecular weight excluding hydrogens is 1060 g/mol. The topological polar surface area (TPSA) is 442 Å². The first kappa shape index (κ1) is 60.3. The van der Waals surface area contributed by atoms with E-state index in [1.54, 1.807) is 0 Å². The maximum atomic E-state index is 12.6. The van der Waals surface area contributed by atoms with E-state index in [0.29, 0.717) is 18.3 Å². The van der Waals surface area contributed by atoms with Crippen LogP contribution in [0.3, 0.4) is 0 Å². The van der Waals surface area contributed by atoms with Crippen LogP contribution in [0.4, 0.5) is 0 Å². The Morgan fingerprint density at radius 1 is 0.557 bits per heavy atom.